The molecule has 0 spiro atoms. The fraction of sp³-hybridized carbons (Fsp3) is 0.143. The van der Waals surface area contributed by atoms with Crippen LogP contribution in [0.15, 0.2) is 77.6 Å². The molecular weight excluding hydrogens is 474 g/mol. The molecule has 0 saturated carbocycles. The number of halogens is 1. The van der Waals surface area contributed by atoms with Gasteiger partial charge in [-0.2, -0.15) is 0 Å². The van der Waals surface area contributed by atoms with Crippen LogP contribution in [0.2, 0.25) is 5.02 Å². The van der Waals surface area contributed by atoms with Gasteiger partial charge in [-0.3, -0.25) is 9.36 Å². The molecule has 7 nitrogen and oxygen atoms in total. The third-order valence-corrected chi connectivity index (χ3v) is 6.80. The third-order valence-electron chi connectivity index (χ3n) is 6.43. The minimum atomic E-state index is -0.166. The molecule has 0 saturated heterocycles. The number of para-hydroxylation sites is 2. The van der Waals surface area contributed by atoms with Gasteiger partial charge in [0.2, 0.25) is 0 Å². The molecule has 0 radical (unpaired) electrons. The first kappa shape index (κ1) is 22.2. The van der Waals surface area contributed by atoms with Crippen molar-refractivity contribution in [1.29, 1.82) is 0 Å². The predicted octanol–water partition coefficient (Wildman–Crippen LogP) is 5.36. The Morgan fingerprint density at radius 2 is 1.50 bits per heavy atom. The molecule has 0 bridgehead atoms. The zero-order chi connectivity index (χ0) is 24.8. The summed E-state index contributed by atoms with van der Waals surface area (Å²) in [6.45, 7) is 2.64. The smallest absolute Gasteiger partial charge is 0.265 e. The summed E-state index contributed by atoms with van der Waals surface area (Å²) in [5.74, 6) is 1.37. The maximum Gasteiger partial charge on any atom is 0.265 e. The second-order valence-corrected chi connectivity index (χ2v) is 9.07. The van der Waals surface area contributed by atoms with Crippen molar-refractivity contribution in [3.63, 3.8) is 0 Å². The van der Waals surface area contributed by atoms with E-state index in [1.165, 1.54) is 0 Å². The lowest BCUT2D eigenvalue weighted by atomic mass is 10.2. The molecule has 36 heavy (non-hydrogen) atoms. The third kappa shape index (κ3) is 3.69. The van der Waals surface area contributed by atoms with Gasteiger partial charge in [-0.25, -0.2) is 15.0 Å². The molecule has 3 aromatic carbocycles. The number of rotatable bonds is 5. The van der Waals surface area contributed by atoms with E-state index in [1.54, 1.807) is 11.7 Å². The van der Waals surface area contributed by atoms with Gasteiger partial charge in [0.25, 0.3) is 5.56 Å². The predicted molar refractivity (Wildman–Crippen MR) is 142 cm³/mol. The Bertz CT molecular complexity index is 1820. The van der Waals surface area contributed by atoms with Crippen molar-refractivity contribution in [2.75, 3.05) is 7.11 Å². The first-order valence-electron chi connectivity index (χ1n) is 11.6. The van der Waals surface area contributed by atoms with Crippen molar-refractivity contribution in [2.45, 2.75) is 20.0 Å². The van der Waals surface area contributed by atoms with Crippen molar-refractivity contribution in [1.82, 2.24) is 24.1 Å². The Hall–Kier alpha value is -4.23. The summed E-state index contributed by atoms with van der Waals surface area (Å²) in [5.41, 5.74) is 4.94. The summed E-state index contributed by atoms with van der Waals surface area (Å²) in [6, 6.07) is 23.0. The Balaban J connectivity index is 1.62. The van der Waals surface area contributed by atoms with Crippen molar-refractivity contribution >= 4 is 44.8 Å². The number of aromatic nitrogens is 5. The van der Waals surface area contributed by atoms with Crippen LogP contribution in [0.3, 0.4) is 0 Å². The molecule has 0 aliphatic rings. The van der Waals surface area contributed by atoms with Gasteiger partial charge < -0.3 is 9.30 Å². The number of benzene rings is 3. The number of ether oxygens (including phenoxy) is 1. The van der Waals surface area contributed by atoms with Gasteiger partial charge in [0.05, 0.1) is 31.2 Å². The molecular formula is C28H22ClN5O2. The van der Waals surface area contributed by atoms with Crippen LogP contribution >= 0.6 is 11.6 Å². The van der Waals surface area contributed by atoms with Crippen LogP contribution in [-0.4, -0.2) is 31.2 Å². The molecule has 178 valence electrons. The quantitative estimate of drug-likeness (QED) is 0.322. The van der Waals surface area contributed by atoms with Crippen LogP contribution in [-0.2, 0) is 13.1 Å². The molecule has 0 amide bonds. The lowest BCUT2D eigenvalue weighted by molar-refractivity contribution is 0.414. The summed E-state index contributed by atoms with van der Waals surface area (Å²) >= 11 is 6.40. The molecule has 6 rings (SSSR count). The number of aryl methyl sites for hydroxylation is 1. The number of hydrogen-bond acceptors (Lipinski definition) is 5. The maximum atomic E-state index is 13.9. The van der Waals surface area contributed by atoms with Crippen LogP contribution in [0.1, 0.15) is 17.0 Å². The second kappa shape index (κ2) is 8.77. The highest BCUT2D eigenvalue weighted by Gasteiger charge is 2.22. The highest BCUT2D eigenvalue weighted by molar-refractivity contribution is 6.31. The molecule has 0 fully saturated rings. The average Bonchev–Trinajstić information content (AvgIpc) is 3.18. The SMILES string of the molecule is COc1ccc(Cn2c3nc4ccccc4nc3c3c(=O)n(Cc4ccccc4Cl)c(C)nc32)cc1. The second-order valence-electron chi connectivity index (χ2n) is 8.66. The zero-order valence-corrected chi connectivity index (χ0v) is 20.5. The van der Waals surface area contributed by atoms with Gasteiger partial charge in [-0.05, 0) is 48.4 Å². The minimum Gasteiger partial charge on any atom is -0.497 e. The standard InChI is InChI=1S/C28H22ClN5O2/c1-17-30-26-24(28(35)33(17)16-19-7-3-4-8-21(19)29)25-27(32-23-10-6-5-9-22(23)31-25)34(26)15-18-11-13-20(36-2)14-12-18/h3-14H,15-16H2,1-2H3. The van der Waals surface area contributed by atoms with E-state index in [9.17, 15) is 4.79 Å². The number of hydrogen-bond donors (Lipinski definition) is 0. The Morgan fingerprint density at radius 3 is 2.22 bits per heavy atom. The topological polar surface area (TPSA) is 74.8 Å². The number of nitrogens with zero attached hydrogens (tertiary/aromatic N) is 5. The highest BCUT2D eigenvalue weighted by Crippen LogP contribution is 2.27. The lowest BCUT2D eigenvalue weighted by Crippen LogP contribution is -2.25. The number of fused-ring (bicyclic) bond motifs is 4. The van der Waals surface area contributed by atoms with E-state index in [1.807, 2.05) is 84.3 Å². The molecule has 0 atom stereocenters. The molecule has 0 aliphatic heterocycles. The molecule has 6 aromatic rings. The van der Waals surface area contributed by atoms with Crippen molar-refractivity contribution in [3.8, 4) is 5.75 Å². The van der Waals surface area contributed by atoms with Crippen LogP contribution in [0, 0.1) is 6.92 Å². The lowest BCUT2D eigenvalue weighted by Gasteiger charge is -2.12. The van der Waals surface area contributed by atoms with E-state index in [4.69, 9.17) is 31.3 Å². The maximum absolute atomic E-state index is 13.9. The van der Waals surface area contributed by atoms with Crippen LogP contribution in [0.25, 0.3) is 33.2 Å². The molecule has 3 aromatic heterocycles. The molecule has 0 aliphatic carbocycles. The van der Waals surface area contributed by atoms with Gasteiger partial charge in [-0.15, -0.1) is 0 Å². The largest absolute Gasteiger partial charge is 0.497 e. The normalized spacial score (nSPS) is 11.5. The van der Waals surface area contributed by atoms with Crippen molar-refractivity contribution in [3.05, 3.63) is 105 Å². The van der Waals surface area contributed by atoms with Gasteiger partial charge in [0.1, 0.15) is 22.5 Å². The first-order chi connectivity index (χ1) is 17.5. The Morgan fingerprint density at radius 1 is 0.806 bits per heavy atom. The Kier molecular flexibility index (Phi) is 5.42. The summed E-state index contributed by atoms with van der Waals surface area (Å²) < 4.78 is 8.92. The number of methoxy groups -OCH3 is 1. The van der Waals surface area contributed by atoms with Gasteiger partial charge >= 0.3 is 0 Å². The highest BCUT2D eigenvalue weighted by atomic mass is 35.5. The van der Waals surface area contributed by atoms with Crippen LogP contribution < -0.4 is 10.3 Å². The molecule has 3 heterocycles. The van der Waals surface area contributed by atoms with E-state index in [0.29, 0.717) is 46.1 Å². The van der Waals surface area contributed by atoms with E-state index in [0.717, 1.165) is 27.9 Å². The van der Waals surface area contributed by atoms with Crippen LogP contribution in [0.4, 0.5) is 0 Å². The summed E-state index contributed by atoms with van der Waals surface area (Å²) in [5, 5.41) is 1.06. The average molecular weight is 496 g/mol. The summed E-state index contributed by atoms with van der Waals surface area (Å²) in [4.78, 5) is 28.6. The fourth-order valence-corrected chi connectivity index (χ4v) is 4.74. The first-order valence-corrected chi connectivity index (χ1v) is 11.9. The molecule has 0 N–H and O–H groups in total. The van der Waals surface area contributed by atoms with E-state index in [-0.39, 0.29) is 5.56 Å². The van der Waals surface area contributed by atoms with E-state index < -0.39 is 0 Å². The van der Waals surface area contributed by atoms with Gasteiger partial charge in [-0.1, -0.05) is 54.1 Å². The summed E-state index contributed by atoms with van der Waals surface area (Å²) in [7, 11) is 1.64. The fourth-order valence-electron chi connectivity index (χ4n) is 4.54. The monoisotopic (exact) mass is 495 g/mol. The molecule has 8 heteroatoms. The van der Waals surface area contributed by atoms with Crippen molar-refractivity contribution in [2.24, 2.45) is 0 Å². The van der Waals surface area contributed by atoms with Crippen molar-refractivity contribution < 1.29 is 4.74 Å². The van der Waals surface area contributed by atoms with E-state index >= 15 is 0 Å². The Labute approximate surface area is 211 Å². The summed E-state index contributed by atoms with van der Waals surface area (Å²) in [6.07, 6.45) is 0. The zero-order valence-electron chi connectivity index (χ0n) is 19.8. The van der Waals surface area contributed by atoms with Crippen LogP contribution in [0.5, 0.6) is 5.75 Å². The van der Waals surface area contributed by atoms with Gasteiger partial charge in [0.15, 0.2) is 11.3 Å². The molecule has 0 unspecified atom stereocenters. The minimum absolute atomic E-state index is 0.166. The van der Waals surface area contributed by atoms with E-state index in [2.05, 4.69) is 0 Å². The van der Waals surface area contributed by atoms with Gasteiger partial charge in [0, 0.05) is 5.02 Å².